The molecule has 42 heavy (non-hydrogen) atoms. The summed E-state index contributed by atoms with van der Waals surface area (Å²) in [4.78, 5) is 14.0. The van der Waals surface area contributed by atoms with Gasteiger partial charge in [0.15, 0.2) is 0 Å². The third kappa shape index (κ3) is 6.86. The Morgan fingerprint density at radius 3 is 2.62 bits per heavy atom. The first-order valence-corrected chi connectivity index (χ1v) is 15.4. The van der Waals surface area contributed by atoms with Crippen molar-refractivity contribution < 1.29 is 31.1 Å². The molecule has 228 valence electrons. The first-order valence-electron chi connectivity index (χ1n) is 13.2. The van der Waals surface area contributed by atoms with Crippen molar-refractivity contribution in [2.75, 3.05) is 37.8 Å². The minimum absolute atomic E-state index is 0.0488. The van der Waals surface area contributed by atoms with Gasteiger partial charge in [-0.3, -0.25) is 4.90 Å². The van der Waals surface area contributed by atoms with Crippen molar-refractivity contribution in [3.05, 3.63) is 53.1 Å². The summed E-state index contributed by atoms with van der Waals surface area (Å²) in [7, 11) is -3.58. The SMILES string of the molecule is C[C@@]1(O)CCN(Cc2ccc(-n3cnc(-c4nc(N[C@@H]5CCN(S(C)(=O)=O)C[C@H]5F)ncc4C(F)(F)F)c3)c(Cl)c2)C1. The molecule has 0 saturated carbocycles. The van der Waals surface area contributed by atoms with Crippen molar-refractivity contribution in [1.29, 1.82) is 0 Å². The number of halogens is 5. The van der Waals surface area contributed by atoms with E-state index in [1.807, 2.05) is 6.07 Å². The molecule has 2 aliphatic rings. The van der Waals surface area contributed by atoms with E-state index in [0.717, 1.165) is 22.7 Å². The van der Waals surface area contributed by atoms with Gasteiger partial charge >= 0.3 is 6.18 Å². The molecule has 0 spiro atoms. The molecule has 5 rings (SSSR count). The Labute approximate surface area is 245 Å². The maximum atomic E-state index is 14.8. The van der Waals surface area contributed by atoms with Crippen molar-refractivity contribution in [2.45, 2.75) is 50.3 Å². The van der Waals surface area contributed by atoms with Gasteiger partial charge in [-0.05, 0) is 37.5 Å². The van der Waals surface area contributed by atoms with Gasteiger partial charge in [0.1, 0.15) is 29.5 Å². The Morgan fingerprint density at radius 1 is 1.24 bits per heavy atom. The van der Waals surface area contributed by atoms with Crippen LogP contribution in [0, 0.1) is 0 Å². The molecule has 3 aromatic rings. The van der Waals surface area contributed by atoms with Crippen molar-refractivity contribution >= 4 is 27.6 Å². The minimum Gasteiger partial charge on any atom is -0.389 e. The van der Waals surface area contributed by atoms with E-state index in [-0.39, 0.29) is 31.2 Å². The number of rotatable bonds is 7. The molecule has 16 heteroatoms. The topological polar surface area (TPSA) is 116 Å². The second-order valence-corrected chi connectivity index (χ2v) is 13.4. The van der Waals surface area contributed by atoms with E-state index in [1.54, 1.807) is 19.1 Å². The Bertz CT molecular complexity index is 1570. The Balaban J connectivity index is 1.37. The quantitative estimate of drug-likeness (QED) is 0.379. The molecule has 0 unspecified atom stereocenters. The fourth-order valence-corrected chi connectivity index (χ4v) is 6.38. The number of piperidine rings is 1. The zero-order valence-corrected chi connectivity index (χ0v) is 24.4. The first-order chi connectivity index (χ1) is 19.6. The fourth-order valence-electron chi connectivity index (χ4n) is 5.23. The molecule has 2 aromatic heterocycles. The van der Waals surface area contributed by atoms with E-state index < -0.39 is 45.3 Å². The number of aliphatic hydroxyl groups is 1. The molecule has 0 bridgehead atoms. The highest BCUT2D eigenvalue weighted by Gasteiger charge is 2.38. The van der Waals surface area contributed by atoms with E-state index in [2.05, 4.69) is 25.2 Å². The van der Waals surface area contributed by atoms with Crippen molar-refractivity contribution in [2.24, 2.45) is 0 Å². The summed E-state index contributed by atoms with van der Waals surface area (Å²) >= 11 is 6.54. The first kappa shape index (κ1) is 30.6. The lowest BCUT2D eigenvalue weighted by molar-refractivity contribution is -0.137. The molecule has 4 heterocycles. The highest BCUT2D eigenvalue weighted by molar-refractivity contribution is 7.88. The molecule has 0 amide bonds. The molecule has 2 aliphatic heterocycles. The number of anilines is 1. The number of hydrogen-bond donors (Lipinski definition) is 2. The lowest BCUT2D eigenvalue weighted by Gasteiger charge is -2.33. The summed E-state index contributed by atoms with van der Waals surface area (Å²) in [5, 5.41) is 13.3. The Kier molecular flexibility index (Phi) is 8.26. The molecule has 2 saturated heterocycles. The van der Waals surface area contributed by atoms with Gasteiger partial charge in [0.05, 0.1) is 28.6 Å². The highest BCUT2D eigenvalue weighted by Crippen LogP contribution is 2.36. The van der Waals surface area contributed by atoms with Crippen LogP contribution in [-0.2, 0) is 22.7 Å². The summed E-state index contributed by atoms with van der Waals surface area (Å²) in [5.41, 5.74) is -1.04. The largest absolute Gasteiger partial charge is 0.420 e. The molecule has 0 aliphatic carbocycles. The maximum Gasteiger partial charge on any atom is 0.420 e. The van der Waals surface area contributed by atoms with E-state index >= 15 is 0 Å². The van der Waals surface area contributed by atoms with Gasteiger partial charge in [0.2, 0.25) is 16.0 Å². The van der Waals surface area contributed by atoms with Crippen LogP contribution in [0.2, 0.25) is 5.02 Å². The molecule has 3 atom stereocenters. The molecular weight excluding hydrogens is 602 g/mol. The predicted molar refractivity (Wildman–Crippen MR) is 148 cm³/mol. The molecular formula is C26H30ClF4N7O3S. The third-order valence-corrected chi connectivity index (χ3v) is 9.01. The van der Waals surface area contributed by atoms with Crippen LogP contribution < -0.4 is 5.32 Å². The smallest absolute Gasteiger partial charge is 0.389 e. The normalized spacial score (nSPS) is 24.3. The van der Waals surface area contributed by atoms with Crippen molar-refractivity contribution in [3.8, 4) is 17.1 Å². The minimum atomic E-state index is -4.79. The van der Waals surface area contributed by atoms with Crippen LogP contribution in [0.3, 0.4) is 0 Å². The van der Waals surface area contributed by atoms with Crippen LogP contribution in [0.25, 0.3) is 17.1 Å². The number of aromatic nitrogens is 4. The lowest BCUT2D eigenvalue weighted by Crippen LogP contribution is -2.49. The van der Waals surface area contributed by atoms with Crippen LogP contribution in [0.4, 0.5) is 23.5 Å². The van der Waals surface area contributed by atoms with Gasteiger partial charge < -0.3 is 15.0 Å². The maximum absolute atomic E-state index is 14.8. The number of benzene rings is 1. The number of imidazole rings is 1. The zero-order valence-electron chi connectivity index (χ0n) is 22.8. The van der Waals surface area contributed by atoms with E-state index in [1.165, 1.54) is 17.1 Å². The molecule has 0 radical (unpaired) electrons. The van der Waals surface area contributed by atoms with Gasteiger partial charge in [-0.25, -0.2) is 27.8 Å². The molecule has 1 aromatic carbocycles. The van der Waals surface area contributed by atoms with E-state index in [4.69, 9.17) is 11.6 Å². The standard InChI is InChI=1S/C26H30ClF4N7O3S/c1-25(39)6-8-36(14-25)11-16-3-4-22(18(27)9-16)37-13-21(33-15-37)23-17(26(29,30)31)10-32-24(35-23)34-20-5-7-38(12-19(20)28)42(2,40)41/h3-4,9-10,13,15,19-20,39H,5-8,11-12,14H2,1-2H3,(H,32,34,35)/t19-,20-,25-/m1/s1. The molecule has 10 nitrogen and oxygen atoms in total. The van der Waals surface area contributed by atoms with Gasteiger partial charge in [-0.1, -0.05) is 17.7 Å². The Morgan fingerprint density at radius 2 is 2.00 bits per heavy atom. The third-order valence-electron chi connectivity index (χ3n) is 7.43. The lowest BCUT2D eigenvalue weighted by atomic mass is 10.1. The van der Waals surface area contributed by atoms with Gasteiger partial charge in [0, 0.05) is 45.1 Å². The summed E-state index contributed by atoms with van der Waals surface area (Å²) in [6.45, 7) is 3.34. The van der Waals surface area contributed by atoms with Crippen molar-refractivity contribution in [1.82, 2.24) is 28.7 Å². The highest BCUT2D eigenvalue weighted by atomic mass is 35.5. The summed E-state index contributed by atoms with van der Waals surface area (Å²) < 4.78 is 82.4. The second-order valence-electron chi connectivity index (χ2n) is 11.0. The number of β-amino-alcohol motifs (C(OH)–C–C–N with tert-alkyl or cyclic N) is 1. The molecule has 2 N–H and O–H groups in total. The van der Waals surface area contributed by atoms with Crippen LogP contribution in [0.1, 0.15) is 30.9 Å². The van der Waals surface area contributed by atoms with Crippen LogP contribution in [0.5, 0.6) is 0 Å². The molecule has 2 fully saturated rings. The van der Waals surface area contributed by atoms with Gasteiger partial charge in [0.25, 0.3) is 0 Å². The summed E-state index contributed by atoms with van der Waals surface area (Å²) in [5.74, 6) is -0.240. The number of nitrogens with zero attached hydrogens (tertiary/aromatic N) is 6. The van der Waals surface area contributed by atoms with E-state index in [9.17, 15) is 31.1 Å². The fraction of sp³-hybridized carbons (Fsp3) is 0.500. The summed E-state index contributed by atoms with van der Waals surface area (Å²) in [6.07, 6.45) is -1.38. The number of alkyl halides is 4. The van der Waals surface area contributed by atoms with Crippen LogP contribution in [-0.4, -0.2) is 92.5 Å². The number of nitrogens with one attached hydrogen (secondary N) is 1. The van der Waals surface area contributed by atoms with Crippen LogP contribution >= 0.6 is 11.6 Å². The number of likely N-dealkylation sites (tertiary alicyclic amines) is 1. The second kappa shape index (κ2) is 11.3. The van der Waals surface area contributed by atoms with E-state index in [0.29, 0.717) is 36.4 Å². The summed E-state index contributed by atoms with van der Waals surface area (Å²) in [6, 6.07) is 4.46. The zero-order chi connectivity index (χ0) is 30.4. The Hall–Kier alpha value is -2.85. The predicted octanol–water partition coefficient (Wildman–Crippen LogP) is 3.74. The van der Waals surface area contributed by atoms with Crippen molar-refractivity contribution in [3.63, 3.8) is 0 Å². The van der Waals surface area contributed by atoms with Crippen LogP contribution in [0.15, 0.2) is 36.9 Å². The average molecular weight is 632 g/mol. The number of hydrogen-bond acceptors (Lipinski definition) is 8. The van der Waals surface area contributed by atoms with Gasteiger partial charge in [-0.15, -0.1) is 0 Å². The van der Waals surface area contributed by atoms with Gasteiger partial charge in [-0.2, -0.15) is 17.5 Å². The number of sulfonamides is 1. The monoisotopic (exact) mass is 631 g/mol. The average Bonchev–Trinajstić information content (AvgIpc) is 3.50.